The van der Waals surface area contributed by atoms with Crippen LogP contribution in [0.25, 0.3) is 0 Å². The van der Waals surface area contributed by atoms with Gasteiger partial charge in [-0.3, -0.25) is 0 Å². The molecular weight excluding hydrogens is 305 g/mol. The van der Waals surface area contributed by atoms with Gasteiger partial charge in [0.2, 0.25) is 0 Å². The van der Waals surface area contributed by atoms with E-state index in [9.17, 15) is 0 Å². The lowest BCUT2D eigenvalue weighted by molar-refractivity contribution is 0.302. The quantitative estimate of drug-likeness (QED) is 0.906. The van der Waals surface area contributed by atoms with Crippen LogP contribution in [0.15, 0.2) is 42.5 Å². The number of fused-ring (bicyclic) bond motifs is 1. The third-order valence-corrected chi connectivity index (χ3v) is 4.92. The maximum atomic E-state index is 6.31. The van der Waals surface area contributed by atoms with Crippen LogP contribution in [0.1, 0.15) is 17.0 Å². The van der Waals surface area contributed by atoms with Crippen LogP contribution in [0.3, 0.4) is 0 Å². The minimum atomic E-state index is 0.254. The highest BCUT2D eigenvalue weighted by Gasteiger charge is 2.30. The summed E-state index contributed by atoms with van der Waals surface area (Å²) in [6.45, 7) is 0.697. The molecule has 0 bridgehead atoms. The summed E-state index contributed by atoms with van der Waals surface area (Å²) in [5.41, 5.74) is 2.32. The highest BCUT2D eigenvalue weighted by atomic mass is 35.5. The number of nitrogens with one attached hydrogen (secondary N) is 1. The van der Waals surface area contributed by atoms with Gasteiger partial charge >= 0.3 is 0 Å². The number of halogens is 2. The van der Waals surface area contributed by atoms with Gasteiger partial charge in [-0.25, -0.2) is 0 Å². The van der Waals surface area contributed by atoms with Crippen LogP contribution in [-0.2, 0) is 6.42 Å². The molecule has 1 N–H and O–H groups in total. The SMILES string of the molecule is CNC(Cc1cccc(Cl)c1Cl)C1COc2ccccc21. The third kappa shape index (κ3) is 2.89. The second kappa shape index (κ2) is 6.27. The molecule has 110 valence electrons. The molecular formula is C17H17Cl2NO. The van der Waals surface area contributed by atoms with Crippen LogP contribution >= 0.6 is 23.2 Å². The summed E-state index contributed by atoms with van der Waals surface area (Å²) < 4.78 is 5.79. The van der Waals surface area contributed by atoms with Gasteiger partial charge in [0.1, 0.15) is 5.75 Å². The first-order chi connectivity index (χ1) is 10.2. The van der Waals surface area contributed by atoms with Crippen molar-refractivity contribution in [2.75, 3.05) is 13.7 Å². The normalized spacial score (nSPS) is 18.1. The van der Waals surface area contributed by atoms with Crippen molar-refractivity contribution in [1.29, 1.82) is 0 Å². The largest absolute Gasteiger partial charge is 0.493 e. The van der Waals surface area contributed by atoms with E-state index in [0.717, 1.165) is 17.7 Å². The molecule has 0 spiro atoms. The first-order valence-electron chi connectivity index (χ1n) is 7.02. The lowest BCUT2D eigenvalue weighted by atomic mass is 9.89. The average molecular weight is 322 g/mol. The Labute approximate surface area is 135 Å². The number of hydrogen-bond donors (Lipinski definition) is 1. The van der Waals surface area contributed by atoms with Crippen LogP contribution in [0.5, 0.6) is 5.75 Å². The van der Waals surface area contributed by atoms with E-state index in [-0.39, 0.29) is 6.04 Å². The third-order valence-electron chi connectivity index (χ3n) is 4.06. The summed E-state index contributed by atoms with van der Waals surface area (Å²) in [6, 6.07) is 14.3. The Morgan fingerprint density at radius 2 is 2.00 bits per heavy atom. The predicted octanol–water partition coefficient (Wildman–Crippen LogP) is 4.30. The Balaban J connectivity index is 1.85. The van der Waals surface area contributed by atoms with Crippen LogP contribution in [0, 0.1) is 0 Å². The molecule has 1 aliphatic rings. The lowest BCUT2D eigenvalue weighted by Gasteiger charge is -2.23. The maximum absolute atomic E-state index is 6.31. The van der Waals surface area contributed by atoms with Gasteiger partial charge in [-0.15, -0.1) is 0 Å². The van der Waals surface area contributed by atoms with Gasteiger partial charge in [0.15, 0.2) is 0 Å². The molecule has 0 saturated carbocycles. The van der Waals surface area contributed by atoms with Gasteiger partial charge in [-0.2, -0.15) is 0 Å². The summed E-state index contributed by atoms with van der Waals surface area (Å²) in [5, 5.41) is 4.65. The highest BCUT2D eigenvalue weighted by molar-refractivity contribution is 6.42. The molecule has 1 heterocycles. The van der Waals surface area contributed by atoms with Crippen molar-refractivity contribution in [3.05, 3.63) is 63.6 Å². The lowest BCUT2D eigenvalue weighted by Crippen LogP contribution is -2.35. The van der Waals surface area contributed by atoms with Gasteiger partial charge in [0, 0.05) is 17.5 Å². The van der Waals surface area contributed by atoms with Gasteiger partial charge in [-0.05, 0) is 31.2 Å². The Morgan fingerprint density at radius 1 is 1.19 bits per heavy atom. The van der Waals surface area contributed by atoms with Crippen LogP contribution in [0.4, 0.5) is 0 Å². The van der Waals surface area contributed by atoms with E-state index in [1.807, 2.05) is 37.4 Å². The van der Waals surface area contributed by atoms with E-state index in [4.69, 9.17) is 27.9 Å². The molecule has 2 nitrogen and oxygen atoms in total. The second-order valence-electron chi connectivity index (χ2n) is 5.27. The first-order valence-corrected chi connectivity index (χ1v) is 7.78. The molecule has 0 fully saturated rings. The molecule has 2 aromatic rings. The summed E-state index contributed by atoms with van der Waals surface area (Å²) >= 11 is 12.4. The molecule has 1 aliphatic heterocycles. The monoisotopic (exact) mass is 321 g/mol. The summed E-state index contributed by atoms with van der Waals surface area (Å²) in [6.07, 6.45) is 0.818. The van der Waals surface area contributed by atoms with Gasteiger partial charge < -0.3 is 10.1 Å². The maximum Gasteiger partial charge on any atom is 0.122 e. The molecule has 0 amide bonds. The standard InChI is InChI=1S/C17H17Cl2NO/c1-20-15(9-11-5-4-7-14(18)17(11)19)13-10-21-16-8-3-2-6-12(13)16/h2-8,13,15,20H,9-10H2,1H3. The van der Waals surface area contributed by atoms with E-state index in [2.05, 4.69) is 17.4 Å². The molecule has 2 unspecified atom stereocenters. The topological polar surface area (TPSA) is 21.3 Å². The first kappa shape index (κ1) is 14.7. The minimum absolute atomic E-state index is 0.254. The molecule has 3 rings (SSSR count). The van der Waals surface area contributed by atoms with E-state index in [1.165, 1.54) is 5.56 Å². The molecule has 2 aromatic carbocycles. The van der Waals surface area contributed by atoms with Crippen molar-refractivity contribution >= 4 is 23.2 Å². The number of ether oxygens (including phenoxy) is 1. The second-order valence-corrected chi connectivity index (χ2v) is 6.05. The zero-order chi connectivity index (χ0) is 14.8. The van der Waals surface area contributed by atoms with Crippen molar-refractivity contribution in [2.24, 2.45) is 0 Å². The van der Waals surface area contributed by atoms with Gasteiger partial charge in [0.25, 0.3) is 0 Å². The molecule has 0 radical (unpaired) electrons. The number of likely N-dealkylation sites (N-methyl/N-ethyl adjacent to an activating group) is 1. The fraction of sp³-hybridized carbons (Fsp3) is 0.294. The van der Waals surface area contributed by atoms with E-state index < -0.39 is 0 Å². The van der Waals surface area contributed by atoms with E-state index in [0.29, 0.717) is 22.6 Å². The smallest absolute Gasteiger partial charge is 0.122 e. The van der Waals surface area contributed by atoms with Gasteiger partial charge in [-0.1, -0.05) is 53.5 Å². The van der Waals surface area contributed by atoms with Crippen LogP contribution in [-0.4, -0.2) is 19.7 Å². The minimum Gasteiger partial charge on any atom is -0.493 e. The fourth-order valence-corrected chi connectivity index (χ4v) is 3.31. The van der Waals surface area contributed by atoms with Crippen molar-refractivity contribution in [3.63, 3.8) is 0 Å². The average Bonchev–Trinajstić information content (AvgIpc) is 2.93. The Bertz CT molecular complexity index is 644. The van der Waals surface area contributed by atoms with Crippen molar-refractivity contribution in [3.8, 4) is 5.75 Å². The van der Waals surface area contributed by atoms with Gasteiger partial charge in [0.05, 0.1) is 16.7 Å². The number of benzene rings is 2. The zero-order valence-electron chi connectivity index (χ0n) is 11.8. The molecule has 0 saturated heterocycles. The molecule has 4 heteroatoms. The van der Waals surface area contributed by atoms with E-state index in [1.54, 1.807) is 0 Å². The Hall–Kier alpha value is -1.22. The Kier molecular flexibility index (Phi) is 4.39. The van der Waals surface area contributed by atoms with Crippen molar-refractivity contribution in [2.45, 2.75) is 18.4 Å². The van der Waals surface area contributed by atoms with Crippen LogP contribution < -0.4 is 10.1 Å². The zero-order valence-corrected chi connectivity index (χ0v) is 13.3. The Morgan fingerprint density at radius 3 is 2.81 bits per heavy atom. The summed E-state index contributed by atoms with van der Waals surface area (Å²) in [4.78, 5) is 0. The van der Waals surface area contributed by atoms with Crippen LogP contribution in [0.2, 0.25) is 10.0 Å². The number of hydrogen-bond acceptors (Lipinski definition) is 2. The molecule has 0 aromatic heterocycles. The summed E-state index contributed by atoms with van der Waals surface area (Å²) in [7, 11) is 1.98. The fourth-order valence-electron chi connectivity index (χ4n) is 2.91. The van der Waals surface area contributed by atoms with Crippen molar-refractivity contribution < 1.29 is 4.74 Å². The highest BCUT2D eigenvalue weighted by Crippen LogP contribution is 2.37. The number of rotatable bonds is 4. The summed E-state index contributed by atoms with van der Waals surface area (Å²) in [5.74, 6) is 1.31. The number of para-hydroxylation sites is 1. The molecule has 0 aliphatic carbocycles. The predicted molar refractivity (Wildman–Crippen MR) is 87.7 cm³/mol. The van der Waals surface area contributed by atoms with Crippen molar-refractivity contribution in [1.82, 2.24) is 5.32 Å². The molecule has 2 atom stereocenters. The molecule has 21 heavy (non-hydrogen) atoms. The van der Waals surface area contributed by atoms with E-state index >= 15 is 0 Å².